The first kappa shape index (κ1) is 13.6. The van der Waals surface area contributed by atoms with Crippen molar-refractivity contribution in [3.05, 3.63) is 64.9 Å². The highest BCUT2D eigenvalue weighted by Gasteiger charge is 2.08. The molecular formula is C15H14ClN5. The molecule has 3 rings (SSSR count). The van der Waals surface area contributed by atoms with Crippen molar-refractivity contribution in [1.29, 1.82) is 0 Å². The van der Waals surface area contributed by atoms with E-state index in [1.165, 1.54) is 0 Å². The molecule has 2 aromatic carbocycles. The molecule has 3 aromatic rings. The van der Waals surface area contributed by atoms with Gasteiger partial charge in [0.25, 0.3) is 0 Å². The highest BCUT2D eigenvalue weighted by atomic mass is 35.5. The van der Waals surface area contributed by atoms with Crippen molar-refractivity contribution in [2.45, 2.75) is 13.5 Å². The van der Waals surface area contributed by atoms with Gasteiger partial charge in [-0.1, -0.05) is 35.9 Å². The van der Waals surface area contributed by atoms with Crippen LogP contribution in [0.5, 0.6) is 0 Å². The zero-order valence-electron chi connectivity index (χ0n) is 11.5. The van der Waals surface area contributed by atoms with Gasteiger partial charge in [-0.2, -0.15) is 4.68 Å². The molecule has 0 amide bonds. The first-order valence-corrected chi connectivity index (χ1v) is 6.95. The molecule has 0 saturated heterocycles. The Kier molecular flexibility index (Phi) is 3.83. The molecule has 0 aliphatic rings. The maximum Gasteiger partial charge on any atom is 0.175 e. The van der Waals surface area contributed by atoms with Gasteiger partial charge in [-0.05, 0) is 47.2 Å². The molecule has 5 nitrogen and oxygen atoms in total. The topological polar surface area (TPSA) is 55.6 Å². The number of tetrazole rings is 1. The lowest BCUT2D eigenvalue weighted by Crippen LogP contribution is -2.09. The summed E-state index contributed by atoms with van der Waals surface area (Å²) in [7, 11) is 0. The number of rotatable bonds is 4. The summed E-state index contributed by atoms with van der Waals surface area (Å²) in [6.45, 7) is 2.49. The fourth-order valence-corrected chi connectivity index (χ4v) is 2.23. The van der Waals surface area contributed by atoms with Crippen molar-refractivity contribution < 1.29 is 0 Å². The average Bonchev–Trinajstić information content (AvgIpc) is 2.98. The van der Waals surface area contributed by atoms with Crippen LogP contribution in [0.2, 0.25) is 5.02 Å². The Hall–Kier alpha value is -2.40. The summed E-state index contributed by atoms with van der Waals surface area (Å²) in [6.07, 6.45) is 0. The molecule has 0 saturated carbocycles. The summed E-state index contributed by atoms with van der Waals surface area (Å²) in [6, 6.07) is 15.6. The van der Waals surface area contributed by atoms with Crippen molar-refractivity contribution >= 4 is 17.3 Å². The van der Waals surface area contributed by atoms with E-state index in [-0.39, 0.29) is 0 Å². The second-order valence-corrected chi connectivity index (χ2v) is 5.02. The maximum atomic E-state index is 6.12. The van der Waals surface area contributed by atoms with Crippen LogP contribution in [-0.4, -0.2) is 20.2 Å². The molecular weight excluding hydrogens is 286 g/mol. The second kappa shape index (κ2) is 5.93. The third-order valence-electron chi connectivity index (χ3n) is 3.24. The van der Waals surface area contributed by atoms with E-state index in [0.717, 1.165) is 27.8 Å². The Morgan fingerprint density at radius 3 is 2.71 bits per heavy atom. The van der Waals surface area contributed by atoms with E-state index in [2.05, 4.69) is 20.8 Å². The van der Waals surface area contributed by atoms with E-state index in [9.17, 15) is 0 Å². The summed E-state index contributed by atoms with van der Waals surface area (Å²) < 4.78 is 1.72. The monoisotopic (exact) mass is 299 g/mol. The molecule has 0 aliphatic heterocycles. The lowest BCUT2D eigenvalue weighted by Gasteiger charge is -2.10. The zero-order chi connectivity index (χ0) is 14.7. The van der Waals surface area contributed by atoms with Crippen LogP contribution < -0.4 is 5.32 Å². The van der Waals surface area contributed by atoms with E-state index >= 15 is 0 Å². The summed E-state index contributed by atoms with van der Waals surface area (Å²) in [4.78, 5) is 0. The van der Waals surface area contributed by atoms with Crippen LogP contribution in [0.1, 0.15) is 11.4 Å². The van der Waals surface area contributed by atoms with Crippen LogP contribution in [0.4, 0.5) is 5.69 Å². The Bertz CT molecular complexity index is 739. The molecule has 0 fully saturated rings. The molecule has 0 atom stereocenters. The standard InChI is InChI=1S/C15H14ClN5/c1-11-13(16)8-5-9-14(11)17-10-15-18-19-20-21(15)12-6-3-2-4-7-12/h2-9,17H,10H2,1H3. The van der Waals surface area contributed by atoms with E-state index in [1.807, 2.05) is 55.5 Å². The number of hydrogen-bond acceptors (Lipinski definition) is 4. The predicted molar refractivity (Wildman–Crippen MR) is 82.7 cm³/mol. The quantitative estimate of drug-likeness (QED) is 0.803. The Labute approximate surface area is 127 Å². The lowest BCUT2D eigenvalue weighted by molar-refractivity contribution is 0.768. The number of halogens is 1. The van der Waals surface area contributed by atoms with E-state index in [0.29, 0.717) is 6.54 Å². The van der Waals surface area contributed by atoms with Crippen molar-refractivity contribution in [1.82, 2.24) is 20.2 Å². The molecule has 0 unspecified atom stereocenters. The first-order valence-electron chi connectivity index (χ1n) is 6.57. The molecule has 0 spiro atoms. The summed E-state index contributed by atoms with van der Waals surface area (Å²) in [5.41, 5.74) is 2.92. The fraction of sp³-hybridized carbons (Fsp3) is 0.133. The number of hydrogen-bond donors (Lipinski definition) is 1. The molecule has 1 N–H and O–H groups in total. The largest absolute Gasteiger partial charge is 0.377 e. The number of nitrogens with zero attached hydrogens (tertiary/aromatic N) is 4. The average molecular weight is 300 g/mol. The number of para-hydroxylation sites is 1. The van der Waals surface area contributed by atoms with Crippen LogP contribution in [0.15, 0.2) is 48.5 Å². The SMILES string of the molecule is Cc1c(Cl)cccc1NCc1nnnn1-c1ccccc1. The van der Waals surface area contributed by atoms with E-state index < -0.39 is 0 Å². The Morgan fingerprint density at radius 1 is 1.10 bits per heavy atom. The second-order valence-electron chi connectivity index (χ2n) is 4.61. The third kappa shape index (κ3) is 2.87. The van der Waals surface area contributed by atoms with E-state index in [1.54, 1.807) is 4.68 Å². The van der Waals surface area contributed by atoms with Crippen molar-refractivity contribution in [3.8, 4) is 5.69 Å². The van der Waals surface area contributed by atoms with Crippen LogP contribution in [0.25, 0.3) is 5.69 Å². The molecule has 1 aromatic heterocycles. The Morgan fingerprint density at radius 2 is 1.90 bits per heavy atom. The minimum Gasteiger partial charge on any atom is -0.377 e. The molecule has 21 heavy (non-hydrogen) atoms. The third-order valence-corrected chi connectivity index (χ3v) is 3.65. The number of aromatic nitrogens is 4. The van der Waals surface area contributed by atoms with Crippen molar-refractivity contribution in [2.75, 3.05) is 5.32 Å². The lowest BCUT2D eigenvalue weighted by atomic mass is 10.2. The minimum absolute atomic E-state index is 0.517. The van der Waals surface area contributed by atoms with Gasteiger partial charge in [0.2, 0.25) is 0 Å². The molecule has 0 radical (unpaired) electrons. The molecule has 106 valence electrons. The molecule has 0 aliphatic carbocycles. The van der Waals surface area contributed by atoms with Gasteiger partial charge < -0.3 is 5.32 Å². The van der Waals surface area contributed by atoms with Gasteiger partial charge in [-0.25, -0.2) is 0 Å². The predicted octanol–water partition coefficient (Wildman–Crippen LogP) is 3.24. The number of nitrogens with one attached hydrogen (secondary N) is 1. The van der Waals surface area contributed by atoms with Crippen molar-refractivity contribution in [3.63, 3.8) is 0 Å². The van der Waals surface area contributed by atoms with Gasteiger partial charge in [0, 0.05) is 10.7 Å². The number of anilines is 1. The van der Waals surface area contributed by atoms with Gasteiger partial charge in [-0.15, -0.1) is 5.10 Å². The summed E-state index contributed by atoms with van der Waals surface area (Å²) >= 11 is 6.12. The van der Waals surface area contributed by atoms with Crippen molar-refractivity contribution in [2.24, 2.45) is 0 Å². The normalized spacial score (nSPS) is 10.6. The van der Waals surface area contributed by atoms with Gasteiger partial charge in [-0.3, -0.25) is 0 Å². The summed E-state index contributed by atoms with van der Waals surface area (Å²) in [5.74, 6) is 0.737. The molecule has 1 heterocycles. The van der Waals surface area contributed by atoms with Gasteiger partial charge in [0.1, 0.15) is 0 Å². The van der Waals surface area contributed by atoms with Crippen LogP contribution in [0, 0.1) is 6.92 Å². The minimum atomic E-state index is 0.517. The van der Waals surface area contributed by atoms with Crippen LogP contribution in [0.3, 0.4) is 0 Å². The van der Waals surface area contributed by atoms with Gasteiger partial charge in [0.15, 0.2) is 5.82 Å². The molecule has 6 heteroatoms. The van der Waals surface area contributed by atoms with Gasteiger partial charge in [0.05, 0.1) is 12.2 Å². The summed E-state index contributed by atoms with van der Waals surface area (Å²) in [5, 5.41) is 15.9. The first-order chi connectivity index (χ1) is 10.3. The highest BCUT2D eigenvalue weighted by molar-refractivity contribution is 6.31. The number of benzene rings is 2. The smallest absolute Gasteiger partial charge is 0.175 e. The zero-order valence-corrected chi connectivity index (χ0v) is 12.2. The highest BCUT2D eigenvalue weighted by Crippen LogP contribution is 2.23. The Balaban J connectivity index is 1.81. The fourth-order valence-electron chi connectivity index (χ4n) is 2.06. The molecule has 0 bridgehead atoms. The van der Waals surface area contributed by atoms with Crippen LogP contribution in [-0.2, 0) is 6.54 Å². The van der Waals surface area contributed by atoms with Crippen LogP contribution >= 0.6 is 11.6 Å². The van der Waals surface area contributed by atoms with E-state index in [4.69, 9.17) is 11.6 Å². The maximum absolute atomic E-state index is 6.12. The van der Waals surface area contributed by atoms with Gasteiger partial charge >= 0.3 is 0 Å².